The molecule has 3 atom stereocenters. The summed E-state index contributed by atoms with van der Waals surface area (Å²) >= 11 is 0. The van der Waals surface area contributed by atoms with Crippen LogP contribution in [-0.2, 0) is 4.79 Å². The van der Waals surface area contributed by atoms with Gasteiger partial charge in [0.15, 0.2) is 5.78 Å². The maximum atomic E-state index is 12.5. The van der Waals surface area contributed by atoms with Gasteiger partial charge in [0.1, 0.15) is 0 Å². The lowest BCUT2D eigenvalue weighted by molar-refractivity contribution is -0.130. The molecule has 0 spiro atoms. The minimum Gasteiger partial charge on any atom is -0.304 e. The number of hydrogen-bond acceptors (Lipinski definition) is 3. The molecule has 1 rings (SSSR count). The molecule has 1 aliphatic rings. The second-order valence-corrected chi connectivity index (χ2v) is 5.40. The molecule has 0 radical (unpaired) electrons. The number of Topliss-reactive ketones (excluding diaryl/α,β-unsaturated/α-hetero) is 1. The van der Waals surface area contributed by atoms with Crippen LogP contribution in [0.2, 0.25) is 0 Å². The number of hydrogen-bond donors (Lipinski definition) is 2. The Hall–Kier alpha value is -0.550. The van der Waals surface area contributed by atoms with Gasteiger partial charge < -0.3 is 10.6 Å². The predicted octanol–water partition coefficient (Wildman–Crippen LogP) is 1.19. The van der Waals surface area contributed by atoms with E-state index >= 15 is 0 Å². The summed E-state index contributed by atoms with van der Waals surface area (Å²) in [5.74, 6) is 0.0558. The Morgan fingerprint density at radius 1 is 1.38 bits per heavy atom. The Labute approximate surface area is 95.0 Å². The summed E-state index contributed by atoms with van der Waals surface area (Å²) in [7, 11) is 0. The number of carbonyl (C=O) groups is 1. The van der Waals surface area contributed by atoms with Crippen molar-refractivity contribution in [3.8, 4) is 0 Å². The van der Waals surface area contributed by atoms with Crippen molar-refractivity contribution in [2.45, 2.75) is 52.2 Å². The molecule has 3 unspecified atom stereocenters. The highest BCUT2D eigenvalue weighted by Crippen LogP contribution is 2.20. The SMILES string of the molecule is CC1NC(C(F)F)CNC1C(=O)C(C)(C)C. The van der Waals surface area contributed by atoms with Gasteiger partial charge in [0.25, 0.3) is 6.43 Å². The molecular formula is C11H20F2N2O. The summed E-state index contributed by atoms with van der Waals surface area (Å²) in [6, 6.07) is -1.51. The van der Waals surface area contributed by atoms with Crippen LogP contribution in [0.5, 0.6) is 0 Å². The molecule has 1 heterocycles. The maximum absolute atomic E-state index is 12.5. The van der Waals surface area contributed by atoms with Gasteiger partial charge in [-0.05, 0) is 6.92 Å². The van der Waals surface area contributed by atoms with E-state index in [1.54, 1.807) is 6.92 Å². The van der Waals surface area contributed by atoms with Crippen LogP contribution in [0.3, 0.4) is 0 Å². The molecule has 0 saturated carbocycles. The summed E-state index contributed by atoms with van der Waals surface area (Å²) < 4.78 is 24.9. The first-order chi connectivity index (χ1) is 7.23. The number of alkyl halides is 2. The molecule has 0 aromatic rings. The van der Waals surface area contributed by atoms with Crippen LogP contribution in [0.4, 0.5) is 8.78 Å². The normalized spacial score (nSPS) is 31.8. The summed E-state index contributed by atoms with van der Waals surface area (Å²) in [6.45, 7) is 7.40. The number of rotatable bonds is 2. The first-order valence-electron chi connectivity index (χ1n) is 5.55. The third-order valence-electron chi connectivity index (χ3n) is 2.86. The van der Waals surface area contributed by atoms with E-state index in [0.717, 1.165) is 0 Å². The summed E-state index contributed by atoms with van der Waals surface area (Å²) in [5, 5.41) is 5.70. The lowest BCUT2D eigenvalue weighted by atomic mass is 9.83. The van der Waals surface area contributed by atoms with E-state index in [1.165, 1.54) is 0 Å². The van der Waals surface area contributed by atoms with Crippen molar-refractivity contribution < 1.29 is 13.6 Å². The van der Waals surface area contributed by atoms with Crippen LogP contribution in [0.25, 0.3) is 0 Å². The van der Waals surface area contributed by atoms with Gasteiger partial charge in [-0.2, -0.15) is 0 Å². The molecule has 1 saturated heterocycles. The maximum Gasteiger partial charge on any atom is 0.254 e. The van der Waals surface area contributed by atoms with Crippen molar-refractivity contribution in [2.24, 2.45) is 5.41 Å². The molecule has 5 heteroatoms. The van der Waals surface area contributed by atoms with Crippen molar-refractivity contribution in [1.29, 1.82) is 0 Å². The minimum absolute atomic E-state index is 0.0558. The number of carbonyl (C=O) groups excluding carboxylic acids is 1. The van der Waals surface area contributed by atoms with Gasteiger partial charge in [-0.3, -0.25) is 4.79 Å². The highest BCUT2D eigenvalue weighted by Gasteiger charge is 2.38. The average molecular weight is 234 g/mol. The predicted molar refractivity (Wildman–Crippen MR) is 58.6 cm³/mol. The number of piperazine rings is 1. The Morgan fingerprint density at radius 3 is 2.31 bits per heavy atom. The van der Waals surface area contributed by atoms with Gasteiger partial charge in [0, 0.05) is 18.0 Å². The standard InChI is InChI=1S/C11H20F2N2O/c1-6-8(9(16)11(2,3)4)14-5-7(15-6)10(12)13/h6-8,10,14-15H,5H2,1-4H3. The largest absolute Gasteiger partial charge is 0.304 e. The third-order valence-corrected chi connectivity index (χ3v) is 2.86. The number of ketones is 1. The summed E-state index contributed by atoms with van der Waals surface area (Å²) in [6.07, 6.45) is -2.40. The molecule has 0 amide bonds. The molecule has 0 bridgehead atoms. The smallest absolute Gasteiger partial charge is 0.254 e. The van der Waals surface area contributed by atoms with Crippen LogP contribution in [0.15, 0.2) is 0 Å². The van der Waals surface area contributed by atoms with E-state index in [9.17, 15) is 13.6 Å². The minimum atomic E-state index is -2.40. The van der Waals surface area contributed by atoms with E-state index < -0.39 is 17.9 Å². The molecule has 0 aliphatic carbocycles. The van der Waals surface area contributed by atoms with Gasteiger partial charge in [-0.1, -0.05) is 20.8 Å². The Bertz CT molecular complexity index is 263. The Kier molecular flexibility index (Phi) is 4.02. The topological polar surface area (TPSA) is 41.1 Å². The lowest BCUT2D eigenvalue weighted by Gasteiger charge is -2.38. The van der Waals surface area contributed by atoms with E-state index in [0.29, 0.717) is 0 Å². The highest BCUT2D eigenvalue weighted by molar-refractivity contribution is 5.89. The zero-order valence-corrected chi connectivity index (χ0v) is 10.2. The average Bonchev–Trinajstić information content (AvgIpc) is 2.15. The first-order valence-corrected chi connectivity index (χ1v) is 5.55. The van der Waals surface area contributed by atoms with Crippen molar-refractivity contribution in [1.82, 2.24) is 10.6 Å². The van der Waals surface area contributed by atoms with Gasteiger partial charge in [0.05, 0.1) is 12.1 Å². The van der Waals surface area contributed by atoms with Crippen molar-refractivity contribution >= 4 is 5.78 Å². The molecule has 16 heavy (non-hydrogen) atoms. The molecule has 1 aliphatic heterocycles. The van der Waals surface area contributed by atoms with Crippen molar-refractivity contribution in [2.75, 3.05) is 6.54 Å². The fraction of sp³-hybridized carbons (Fsp3) is 0.909. The van der Waals surface area contributed by atoms with Gasteiger partial charge in [0.2, 0.25) is 0 Å². The van der Waals surface area contributed by atoms with Crippen molar-refractivity contribution in [3.63, 3.8) is 0 Å². The number of nitrogens with one attached hydrogen (secondary N) is 2. The van der Waals surface area contributed by atoms with Crippen molar-refractivity contribution in [3.05, 3.63) is 0 Å². The Morgan fingerprint density at radius 2 is 1.94 bits per heavy atom. The van der Waals surface area contributed by atoms with Gasteiger partial charge >= 0.3 is 0 Å². The second-order valence-electron chi connectivity index (χ2n) is 5.40. The molecule has 0 aromatic heterocycles. The molecule has 2 N–H and O–H groups in total. The van der Waals surface area contributed by atoms with Crippen LogP contribution in [0.1, 0.15) is 27.7 Å². The Balaban J connectivity index is 2.64. The number of halogens is 2. The van der Waals surface area contributed by atoms with Crippen LogP contribution >= 0.6 is 0 Å². The fourth-order valence-electron chi connectivity index (χ4n) is 1.87. The summed E-state index contributed by atoms with van der Waals surface area (Å²) in [4.78, 5) is 12.0. The van der Waals surface area contributed by atoms with Crippen LogP contribution in [0, 0.1) is 5.41 Å². The fourth-order valence-corrected chi connectivity index (χ4v) is 1.87. The van der Waals surface area contributed by atoms with E-state index in [2.05, 4.69) is 10.6 Å². The molecule has 94 valence electrons. The highest BCUT2D eigenvalue weighted by atomic mass is 19.3. The van der Waals surface area contributed by atoms with E-state index in [-0.39, 0.29) is 24.4 Å². The zero-order chi connectivity index (χ0) is 12.5. The zero-order valence-electron chi connectivity index (χ0n) is 10.2. The van der Waals surface area contributed by atoms with E-state index in [4.69, 9.17) is 0 Å². The van der Waals surface area contributed by atoms with Crippen LogP contribution in [-0.4, -0.2) is 36.9 Å². The van der Waals surface area contributed by atoms with Gasteiger partial charge in [-0.25, -0.2) is 8.78 Å². The molecule has 1 fully saturated rings. The quantitative estimate of drug-likeness (QED) is 0.754. The second kappa shape index (κ2) is 4.75. The lowest BCUT2D eigenvalue weighted by Crippen LogP contribution is -2.65. The molecule has 3 nitrogen and oxygen atoms in total. The first kappa shape index (κ1) is 13.5. The molecular weight excluding hydrogens is 214 g/mol. The summed E-state index contributed by atoms with van der Waals surface area (Å²) in [5.41, 5.74) is -0.453. The van der Waals surface area contributed by atoms with Gasteiger partial charge in [-0.15, -0.1) is 0 Å². The third kappa shape index (κ3) is 2.98. The molecule has 0 aromatic carbocycles. The van der Waals surface area contributed by atoms with E-state index in [1.807, 2.05) is 20.8 Å². The van der Waals surface area contributed by atoms with Crippen LogP contribution < -0.4 is 10.6 Å². The monoisotopic (exact) mass is 234 g/mol.